The molecule has 0 saturated carbocycles. The summed E-state index contributed by atoms with van der Waals surface area (Å²) in [4.78, 5) is 16.5. The molecule has 1 saturated heterocycles. The SMILES string of the molecule is Nc1ccccc1OCC(=O)N1CCN(Cc2ccc(Cl)cc2)CC1. The molecule has 0 radical (unpaired) electrons. The van der Waals surface area contributed by atoms with Crippen molar-refractivity contribution in [3.63, 3.8) is 0 Å². The fourth-order valence-electron chi connectivity index (χ4n) is 2.85. The Morgan fingerprint density at radius 3 is 2.40 bits per heavy atom. The second kappa shape index (κ2) is 8.23. The van der Waals surface area contributed by atoms with Crippen LogP contribution in [0.5, 0.6) is 5.75 Å². The minimum atomic E-state index is -0.00519. The van der Waals surface area contributed by atoms with Crippen molar-refractivity contribution in [2.75, 3.05) is 38.5 Å². The van der Waals surface area contributed by atoms with Gasteiger partial charge in [0.15, 0.2) is 6.61 Å². The van der Waals surface area contributed by atoms with Crippen molar-refractivity contribution in [1.29, 1.82) is 0 Å². The summed E-state index contributed by atoms with van der Waals surface area (Å²) < 4.78 is 5.54. The van der Waals surface area contributed by atoms with Gasteiger partial charge in [0.25, 0.3) is 5.91 Å². The molecule has 1 amide bonds. The molecule has 1 aliphatic rings. The molecule has 0 aliphatic carbocycles. The number of para-hydroxylation sites is 2. The number of benzene rings is 2. The number of hydrogen-bond donors (Lipinski definition) is 1. The van der Waals surface area contributed by atoms with Gasteiger partial charge in [-0.05, 0) is 29.8 Å². The standard InChI is InChI=1S/C19H22ClN3O2/c20-16-7-5-15(6-8-16)13-22-9-11-23(12-10-22)19(24)14-25-18-4-2-1-3-17(18)21/h1-8H,9-14,21H2. The molecule has 3 rings (SSSR count). The summed E-state index contributed by atoms with van der Waals surface area (Å²) in [7, 11) is 0. The van der Waals surface area contributed by atoms with E-state index in [0.29, 0.717) is 24.5 Å². The Balaban J connectivity index is 1.44. The monoisotopic (exact) mass is 359 g/mol. The molecule has 132 valence electrons. The summed E-state index contributed by atoms with van der Waals surface area (Å²) >= 11 is 5.91. The zero-order valence-corrected chi connectivity index (χ0v) is 14.8. The van der Waals surface area contributed by atoms with Crippen molar-refractivity contribution in [3.05, 3.63) is 59.1 Å². The maximum atomic E-state index is 12.3. The van der Waals surface area contributed by atoms with Gasteiger partial charge in [0.2, 0.25) is 0 Å². The molecule has 1 fully saturated rings. The fraction of sp³-hybridized carbons (Fsp3) is 0.316. The van der Waals surface area contributed by atoms with Crippen LogP contribution in [-0.2, 0) is 11.3 Å². The topological polar surface area (TPSA) is 58.8 Å². The van der Waals surface area contributed by atoms with Gasteiger partial charge in [-0.15, -0.1) is 0 Å². The van der Waals surface area contributed by atoms with Gasteiger partial charge in [-0.2, -0.15) is 0 Å². The Bertz CT molecular complexity index is 713. The molecule has 25 heavy (non-hydrogen) atoms. The molecule has 0 spiro atoms. The number of carbonyl (C=O) groups is 1. The van der Waals surface area contributed by atoms with Crippen molar-refractivity contribution >= 4 is 23.2 Å². The maximum Gasteiger partial charge on any atom is 0.260 e. The highest BCUT2D eigenvalue weighted by molar-refractivity contribution is 6.30. The highest BCUT2D eigenvalue weighted by Crippen LogP contribution is 2.20. The Hall–Kier alpha value is -2.24. The molecule has 0 atom stereocenters. The van der Waals surface area contributed by atoms with Crippen LogP contribution >= 0.6 is 11.6 Å². The van der Waals surface area contributed by atoms with Gasteiger partial charge >= 0.3 is 0 Å². The number of halogens is 1. The predicted molar refractivity (Wildman–Crippen MR) is 99.7 cm³/mol. The molecule has 0 bridgehead atoms. The lowest BCUT2D eigenvalue weighted by Crippen LogP contribution is -2.49. The molecule has 5 nitrogen and oxygen atoms in total. The molecule has 1 heterocycles. The first-order chi connectivity index (χ1) is 12.1. The van der Waals surface area contributed by atoms with E-state index in [-0.39, 0.29) is 12.5 Å². The molecule has 1 aliphatic heterocycles. The van der Waals surface area contributed by atoms with Crippen LogP contribution in [0.2, 0.25) is 5.02 Å². The fourth-order valence-corrected chi connectivity index (χ4v) is 2.97. The minimum Gasteiger partial charge on any atom is -0.482 e. The second-order valence-electron chi connectivity index (χ2n) is 6.11. The summed E-state index contributed by atoms with van der Waals surface area (Å²) in [5.41, 5.74) is 7.59. The summed E-state index contributed by atoms with van der Waals surface area (Å²) in [5, 5.41) is 0.748. The summed E-state index contributed by atoms with van der Waals surface area (Å²) in [6.45, 7) is 4.01. The van der Waals surface area contributed by atoms with E-state index in [1.165, 1.54) is 5.56 Å². The van der Waals surface area contributed by atoms with Gasteiger partial charge in [-0.25, -0.2) is 0 Å². The van der Waals surface area contributed by atoms with Crippen LogP contribution in [0.4, 0.5) is 5.69 Å². The number of ether oxygens (including phenoxy) is 1. The van der Waals surface area contributed by atoms with Crippen LogP contribution in [-0.4, -0.2) is 48.5 Å². The first-order valence-corrected chi connectivity index (χ1v) is 8.71. The van der Waals surface area contributed by atoms with E-state index in [1.54, 1.807) is 12.1 Å². The molecular formula is C19H22ClN3O2. The first kappa shape index (κ1) is 17.6. The Morgan fingerprint density at radius 2 is 1.72 bits per heavy atom. The number of piperazine rings is 1. The zero-order chi connectivity index (χ0) is 17.6. The number of carbonyl (C=O) groups excluding carboxylic acids is 1. The van der Waals surface area contributed by atoms with Crippen molar-refractivity contribution < 1.29 is 9.53 Å². The van der Waals surface area contributed by atoms with Crippen LogP contribution in [0.25, 0.3) is 0 Å². The molecule has 2 aromatic carbocycles. The second-order valence-corrected chi connectivity index (χ2v) is 6.55. The Kier molecular flexibility index (Phi) is 5.79. The minimum absolute atomic E-state index is 0.00519. The number of anilines is 1. The smallest absolute Gasteiger partial charge is 0.260 e. The lowest BCUT2D eigenvalue weighted by molar-refractivity contribution is -0.135. The van der Waals surface area contributed by atoms with E-state index in [9.17, 15) is 4.79 Å². The molecule has 0 aromatic heterocycles. The lowest BCUT2D eigenvalue weighted by Gasteiger charge is -2.34. The Labute approximate surface area is 152 Å². The third-order valence-corrected chi connectivity index (χ3v) is 4.57. The quantitative estimate of drug-likeness (QED) is 0.834. The number of nitrogens with two attached hydrogens (primary N) is 1. The van der Waals surface area contributed by atoms with E-state index in [4.69, 9.17) is 22.1 Å². The van der Waals surface area contributed by atoms with Gasteiger partial charge in [-0.3, -0.25) is 9.69 Å². The van der Waals surface area contributed by atoms with Crippen LogP contribution in [0.1, 0.15) is 5.56 Å². The van der Waals surface area contributed by atoms with Crippen molar-refractivity contribution in [3.8, 4) is 5.75 Å². The number of rotatable bonds is 5. The van der Waals surface area contributed by atoms with E-state index >= 15 is 0 Å². The van der Waals surface area contributed by atoms with E-state index in [1.807, 2.05) is 41.3 Å². The van der Waals surface area contributed by atoms with E-state index < -0.39 is 0 Å². The number of nitrogen functional groups attached to an aromatic ring is 1. The molecule has 0 unspecified atom stereocenters. The zero-order valence-electron chi connectivity index (χ0n) is 14.0. The Morgan fingerprint density at radius 1 is 1.04 bits per heavy atom. The third-order valence-electron chi connectivity index (χ3n) is 4.31. The molecule has 2 N–H and O–H groups in total. The largest absolute Gasteiger partial charge is 0.482 e. The van der Waals surface area contributed by atoms with Crippen LogP contribution in [0.3, 0.4) is 0 Å². The van der Waals surface area contributed by atoms with Crippen molar-refractivity contribution in [2.45, 2.75) is 6.54 Å². The normalized spacial score (nSPS) is 15.2. The third kappa shape index (κ3) is 4.87. The van der Waals surface area contributed by atoms with Gasteiger partial charge < -0.3 is 15.4 Å². The van der Waals surface area contributed by atoms with Crippen LogP contribution in [0, 0.1) is 0 Å². The summed E-state index contributed by atoms with van der Waals surface area (Å²) in [6.07, 6.45) is 0. The van der Waals surface area contributed by atoms with Gasteiger partial charge in [0.1, 0.15) is 5.75 Å². The van der Waals surface area contributed by atoms with Crippen LogP contribution in [0.15, 0.2) is 48.5 Å². The maximum absolute atomic E-state index is 12.3. The van der Waals surface area contributed by atoms with Gasteiger partial charge in [0.05, 0.1) is 5.69 Å². The van der Waals surface area contributed by atoms with E-state index in [2.05, 4.69) is 4.90 Å². The van der Waals surface area contributed by atoms with E-state index in [0.717, 1.165) is 24.7 Å². The molecule has 6 heteroatoms. The van der Waals surface area contributed by atoms with Gasteiger partial charge in [0, 0.05) is 37.7 Å². The first-order valence-electron chi connectivity index (χ1n) is 8.34. The summed E-state index contributed by atoms with van der Waals surface area (Å²) in [5.74, 6) is 0.548. The highest BCUT2D eigenvalue weighted by Gasteiger charge is 2.21. The highest BCUT2D eigenvalue weighted by atomic mass is 35.5. The summed E-state index contributed by atoms with van der Waals surface area (Å²) in [6, 6.07) is 15.1. The average Bonchev–Trinajstić information content (AvgIpc) is 2.63. The lowest BCUT2D eigenvalue weighted by atomic mass is 10.2. The van der Waals surface area contributed by atoms with Crippen LogP contribution < -0.4 is 10.5 Å². The molecular weight excluding hydrogens is 338 g/mol. The average molecular weight is 360 g/mol. The van der Waals surface area contributed by atoms with Crippen molar-refractivity contribution in [1.82, 2.24) is 9.80 Å². The number of nitrogens with zero attached hydrogens (tertiary/aromatic N) is 2. The number of hydrogen-bond acceptors (Lipinski definition) is 4. The molecule has 2 aromatic rings. The predicted octanol–water partition coefficient (Wildman–Crippen LogP) is 2.65. The van der Waals surface area contributed by atoms with Crippen molar-refractivity contribution in [2.24, 2.45) is 0 Å². The van der Waals surface area contributed by atoms with Gasteiger partial charge in [-0.1, -0.05) is 35.9 Å². The number of amides is 1.